The second kappa shape index (κ2) is 12.8. The number of nitrogens with two attached hydrogens (primary N) is 1. The van der Waals surface area contributed by atoms with Gasteiger partial charge in [-0.25, -0.2) is 0 Å². The molecule has 0 unspecified atom stereocenters. The fourth-order valence-electron chi connectivity index (χ4n) is 3.63. The van der Waals surface area contributed by atoms with Gasteiger partial charge in [0.05, 0.1) is 0 Å². The van der Waals surface area contributed by atoms with Crippen molar-refractivity contribution in [1.82, 2.24) is 0 Å². The molecule has 2 aromatic rings. The number of amides is 2. The number of carbonyl (C=O) groups excluding carboxylic acids is 2. The molecule has 4 nitrogen and oxygen atoms in total. The van der Waals surface area contributed by atoms with Crippen LogP contribution in [0.5, 0.6) is 0 Å². The summed E-state index contributed by atoms with van der Waals surface area (Å²) in [6.07, 6.45) is 11.8. The fourth-order valence-corrected chi connectivity index (χ4v) is 3.63. The minimum Gasteiger partial charge on any atom is -0.361 e. The number of aryl methyl sites for hydroxylation is 2. The molecule has 2 amide bonds. The van der Waals surface area contributed by atoms with Gasteiger partial charge in [0.15, 0.2) is 0 Å². The molecule has 0 aliphatic carbocycles. The van der Waals surface area contributed by atoms with Crippen molar-refractivity contribution >= 4 is 23.2 Å². The molecular formula is C26H36N2O2. The van der Waals surface area contributed by atoms with E-state index in [1.54, 1.807) is 0 Å². The lowest BCUT2D eigenvalue weighted by Crippen LogP contribution is -2.37. The van der Waals surface area contributed by atoms with Gasteiger partial charge in [0.25, 0.3) is 0 Å². The first-order valence-corrected chi connectivity index (χ1v) is 11.4. The molecule has 0 saturated carbocycles. The predicted molar refractivity (Wildman–Crippen MR) is 125 cm³/mol. The van der Waals surface area contributed by atoms with Crippen molar-refractivity contribution in [3.05, 3.63) is 59.7 Å². The third kappa shape index (κ3) is 7.33. The van der Waals surface area contributed by atoms with E-state index in [1.807, 2.05) is 48.5 Å². The van der Waals surface area contributed by atoms with Crippen LogP contribution in [-0.2, 0) is 22.4 Å². The molecule has 0 aliphatic rings. The van der Waals surface area contributed by atoms with E-state index in [9.17, 15) is 9.59 Å². The number of hydrogen-bond acceptors (Lipinski definition) is 2. The minimum absolute atomic E-state index is 0.659. The highest BCUT2D eigenvalue weighted by molar-refractivity contribution is 6.41. The zero-order valence-corrected chi connectivity index (χ0v) is 18.5. The molecule has 0 aliphatic heterocycles. The lowest BCUT2D eigenvalue weighted by atomic mass is 10.0. The summed E-state index contributed by atoms with van der Waals surface area (Å²) in [6.45, 7) is 4.41. The Kier molecular flexibility index (Phi) is 10.1. The van der Waals surface area contributed by atoms with E-state index in [2.05, 4.69) is 13.8 Å². The Labute approximate surface area is 181 Å². The molecule has 0 bridgehead atoms. The van der Waals surface area contributed by atoms with Crippen LogP contribution >= 0.6 is 0 Å². The maximum atomic E-state index is 12.6. The Morgan fingerprint density at radius 1 is 0.667 bits per heavy atom. The number of unbranched alkanes of at least 4 members (excludes halogenated alkanes) is 6. The van der Waals surface area contributed by atoms with Gasteiger partial charge in [-0.1, -0.05) is 76.6 Å². The van der Waals surface area contributed by atoms with E-state index >= 15 is 0 Å². The molecule has 0 aromatic heterocycles. The zero-order chi connectivity index (χ0) is 21.8. The highest BCUT2D eigenvalue weighted by atomic mass is 16.2. The molecule has 30 heavy (non-hydrogen) atoms. The number of carbonyl (C=O) groups is 2. The Hall–Kier alpha value is -2.62. The Morgan fingerprint density at radius 3 is 1.40 bits per heavy atom. The zero-order valence-electron chi connectivity index (χ0n) is 18.5. The number of rotatable bonds is 12. The number of primary amides is 1. The van der Waals surface area contributed by atoms with Crippen molar-refractivity contribution in [2.75, 3.05) is 4.90 Å². The van der Waals surface area contributed by atoms with E-state index in [4.69, 9.17) is 5.73 Å². The maximum absolute atomic E-state index is 12.6. The van der Waals surface area contributed by atoms with Gasteiger partial charge in [-0.3, -0.25) is 14.5 Å². The van der Waals surface area contributed by atoms with Crippen LogP contribution in [0.3, 0.4) is 0 Å². The largest absolute Gasteiger partial charge is 0.361 e. The van der Waals surface area contributed by atoms with E-state index in [0.29, 0.717) is 11.4 Å². The van der Waals surface area contributed by atoms with Gasteiger partial charge < -0.3 is 5.73 Å². The Morgan fingerprint density at radius 2 is 1.07 bits per heavy atom. The van der Waals surface area contributed by atoms with Crippen LogP contribution in [0.15, 0.2) is 48.5 Å². The summed E-state index contributed by atoms with van der Waals surface area (Å²) in [5, 5.41) is 0. The molecule has 2 aromatic carbocycles. The van der Waals surface area contributed by atoms with Crippen LogP contribution in [0, 0.1) is 0 Å². The number of hydrogen-bond donors (Lipinski definition) is 1. The van der Waals surface area contributed by atoms with Gasteiger partial charge in [0, 0.05) is 11.4 Å². The van der Waals surface area contributed by atoms with Gasteiger partial charge in [0.1, 0.15) is 0 Å². The summed E-state index contributed by atoms with van der Waals surface area (Å²) in [5.74, 6) is -1.68. The third-order valence-corrected chi connectivity index (χ3v) is 5.44. The van der Waals surface area contributed by atoms with Crippen LogP contribution in [0.4, 0.5) is 11.4 Å². The summed E-state index contributed by atoms with van der Waals surface area (Å²) in [4.78, 5) is 25.6. The predicted octanol–water partition coefficient (Wildman–Crippen LogP) is 6.08. The second-order valence-electron chi connectivity index (χ2n) is 7.96. The number of anilines is 2. The lowest BCUT2D eigenvalue weighted by molar-refractivity contribution is -0.135. The first kappa shape index (κ1) is 23.7. The molecule has 0 heterocycles. The van der Waals surface area contributed by atoms with Crippen molar-refractivity contribution < 1.29 is 9.59 Å². The molecule has 0 spiro atoms. The van der Waals surface area contributed by atoms with Crippen LogP contribution < -0.4 is 10.6 Å². The molecular weight excluding hydrogens is 372 g/mol. The molecule has 2 N–H and O–H groups in total. The first-order valence-electron chi connectivity index (χ1n) is 11.4. The smallest absolute Gasteiger partial charge is 0.320 e. The summed E-state index contributed by atoms with van der Waals surface area (Å²) >= 11 is 0. The number of nitrogens with zero attached hydrogens (tertiary/aromatic N) is 1. The van der Waals surface area contributed by atoms with Crippen molar-refractivity contribution in [3.63, 3.8) is 0 Å². The summed E-state index contributed by atoms with van der Waals surface area (Å²) in [6, 6.07) is 15.7. The van der Waals surface area contributed by atoms with Gasteiger partial charge in [-0.15, -0.1) is 0 Å². The van der Waals surface area contributed by atoms with Gasteiger partial charge in [0.2, 0.25) is 0 Å². The summed E-state index contributed by atoms with van der Waals surface area (Å²) < 4.78 is 0. The third-order valence-electron chi connectivity index (χ3n) is 5.44. The van der Waals surface area contributed by atoms with Crippen molar-refractivity contribution in [2.45, 2.75) is 78.1 Å². The average Bonchev–Trinajstić information content (AvgIpc) is 2.76. The molecule has 0 saturated heterocycles. The molecule has 2 rings (SSSR count). The molecule has 0 radical (unpaired) electrons. The van der Waals surface area contributed by atoms with E-state index in [-0.39, 0.29) is 0 Å². The quantitative estimate of drug-likeness (QED) is 0.341. The van der Waals surface area contributed by atoms with Crippen LogP contribution in [0.25, 0.3) is 0 Å². The van der Waals surface area contributed by atoms with Gasteiger partial charge in [-0.05, 0) is 61.1 Å². The highest BCUT2D eigenvalue weighted by Gasteiger charge is 2.22. The molecule has 0 atom stereocenters. The maximum Gasteiger partial charge on any atom is 0.320 e. The Bertz CT molecular complexity index is 726. The standard InChI is InChI=1S/C26H36N2O2/c1-3-5-7-9-11-21-13-17-23(18-14-21)28(26(30)25(27)29)24-19-15-22(16-20-24)12-10-8-6-4-2/h13-20H,3-12H2,1-2H3,(H2,27,29). The summed E-state index contributed by atoms with van der Waals surface area (Å²) in [5.41, 5.74) is 9.13. The summed E-state index contributed by atoms with van der Waals surface area (Å²) in [7, 11) is 0. The SMILES string of the molecule is CCCCCCc1ccc(N(C(=O)C(N)=O)c2ccc(CCCCCC)cc2)cc1. The topological polar surface area (TPSA) is 63.4 Å². The number of benzene rings is 2. The van der Waals surface area contributed by atoms with Crippen molar-refractivity contribution in [3.8, 4) is 0 Å². The van der Waals surface area contributed by atoms with E-state index in [1.165, 1.54) is 54.6 Å². The second-order valence-corrected chi connectivity index (χ2v) is 7.96. The fraction of sp³-hybridized carbons (Fsp3) is 0.462. The normalized spacial score (nSPS) is 10.7. The van der Waals surface area contributed by atoms with Crippen LogP contribution in [0.1, 0.15) is 76.3 Å². The Balaban J connectivity index is 2.12. The molecule has 162 valence electrons. The van der Waals surface area contributed by atoms with Gasteiger partial charge in [-0.2, -0.15) is 0 Å². The van der Waals surface area contributed by atoms with Gasteiger partial charge >= 0.3 is 11.8 Å². The lowest BCUT2D eigenvalue weighted by Gasteiger charge is -2.22. The van der Waals surface area contributed by atoms with Crippen molar-refractivity contribution in [1.29, 1.82) is 0 Å². The van der Waals surface area contributed by atoms with Crippen LogP contribution in [0.2, 0.25) is 0 Å². The monoisotopic (exact) mass is 408 g/mol. The molecule has 0 fully saturated rings. The first-order chi connectivity index (χ1) is 14.6. The van der Waals surface area contributed by atoms with E-state index < -0.39 is 11.8 Å². The van der Waals surface area contributed by atoms with Crippen LogP contribution in [-0.4, -0.2) is 11.8 Å². The molecule has 4 heteroatoms. The van der Waals surface area contributed by atoms with E-state index in [0.717, 1.165) is 25.7 Å². The average molecular weight is 409 g/mol. The minimum atomic E-state index is -0.956. The van der Waals surface area contributed by atoms with Crippen molar-refractivity contribution in [2.24, 2.45) is 5.73 Å². The highest BCUT2D eigenvalue weighted by Crippen LogP contribution is 2.27.